The predicted molar refractivity (Wildman–Crippen MR) is 110 cm³/mol. The molecule has 0 radical (unpaired) electrons. The first-order valence-electron chi connectivity index (χ1n) is 8.89. The number of benzene rings is 2. The number of halogens is 1. The predicted octanol–water partition coefficient (Wildman–Crippen LogP) is 6.14. The lowest BCUT2D eigenvalue weighted by atomic mass is 9.98. The number of rotatable bonds is 3. The van der Waals surface area contributed by atoms with E-state index in [0.717, 1.165) is 27.7 Å². The van der Waals surface area contributed by atoms with Crippen LogP contribution in [0.5, 0.6) is 0 Å². The summed E-state index contributed by atoms with van der Waals surface area (Å²) in [4.78, 5) is 17.1. The molecule has 3 aromatic rings. The minimum Gasteiger partial charge on any atom is -0.444 e. The van der Waals surface area contributed by atoms with Gasteiger partial charge in [0.1, 0.15) is 5.60 Å². The molecule has 0 bridgehead atoms. The van der Waals surface area contributed by atoms with Gasteiger partial charge in [0.05, 0.1) is 22.3 Å². The fourth-order valence-corrected chi connectivity index (χ4v) is 3.12. The number of amides is 1. The van der Waals surface area contributed by atoms with Gasteiger partial charge < -0.3 is 10.1 Å². The van der Waals surface area contributed by atoms with Crippen molar-refractivity contribution >= 4 is 28.6 Å². The first-order chi connectivity index (χ1) is 12.7. The summed E-state index contributed by atoms with van der Waals surface area (Å²) >= 11 is 6.35. The highest BCUT2D eigenvalue weighted by Crippen LogP contribution is 2.32. The molecule has 0 saturated carbocycles. The van der Waals surface area contributed by atoms with Gasteiger partial charge >= 0.3 is 6.09 Å². The second kappa shape index (κ2) is 7.57. The number of nitrogens with one attached hydrogen (secondary N) is 1. The van der Waals surface area contributed by atoms with Crippen molar-refractivity contribution in [3.8, 4) is 11.3 Å². The van der Waals surface area contributed by atoms with E-state index in [1.54, 1.807) is 0 Å². The highest BCUT2D eigenvalue weighted by molar-refractivity contribution is 6.35. The van der Waals surface area contributed by atoms with E-state index in [-0.39, 0.29) is 6.04 Å². The monoisotopic (exact) mass is 382 g/mol. The molecule has 1 heterocycles. The molecule has 0 fully saturated rings. The highest BCUT2D eigenvalue weighted by atomic mass is 35.5. The third-order valence-electron chi connectivity index (χ3n) is 4.07. The summed E-state index contributed by atoms with van der Waals surface area (Å²) in [6.07, 6.45) is -0.458. The molecule has 4 nitrogen and oxygen atoms in total. The van der Waals surface area contributed by atoms with Gasteiger partial charge in [0.15, 0.2) is 0 Å². The standard InChI is InChI=1S/C22H23ClN2O2/c1-14(24-21(26)27-22(2,3)4)17-13-16-11-8-12-18(23)20(16)25-19(17)15-9-6-5-7-10-15/h5-14H,1-4H3,(H,24,26). The molecule has 0 saturated heterocycles. The van der Waals surface area contributed by atoms with Gasteiger partial charge in [0.2, 0.25) is 0 Å². The summed E-state index contributed by atoms with van der Waals surface area (Å²) in [7, 11) is 0. The van der Waals surface area contributed by atoms with Crippen molar-refractivity contribution in [3.05, 3.63) is 65.2 Å². The number of para-hydroxylation sites is 1. The van der Waals surface area contributed by atoms with E-state index in [9.17, 15) is 4.79 Å². The largest absolute Gasteiger partial charge is 0.444 e. The van der Waals surface area contributed by atoms with Crippen LogP contribution >= 0.6 is 11.6 Å². The molecule has 0 spiro atoms. The summed E-state index contributed by atoms with van der Waals surface area (Å²) in [5, 5.41) is 4.43. The molecule has 0 aliphatic carbocycles. The molecule has 5 heteroatoms. The zero-order valence-corrected chi connectivity index (χ0v) is 16.7. The average molecular weight is 383 g/mol. The first-order valence-corrected chi connectivity index (χ1v) is 9.26. The molecule has 0 aliphatic rings. The molecule has 0 aliphatic heterocycles. The van der Waals surface area contributed by atoms with Crippen molar-refractivity contribution in [1.29, 1.82) is 0 Å². The van der Waals surface area contributed by atoms with Crippen molar-refractivity contribution in [2.24, 2.45) is 0 Å². The maximum atomic E-state index is 12.2. The second-order valence-corrected chi connectivity index (χ2v) is 7.88. The van der Waals surface area contributed by atoms with E-state index in [1.165, 1.54) is 0 Å². The van der Waals surface area contributed by atoms with Gasteiger partial charge in [-0.2, -0.15) is 0 Å². The van der Waals surface area contributed by atoms with Gasteiger partial charge in [-0.05, 0) is 39.8 Å². The van der Waals surface area contributed by atoms with Crippen molar-refractivity contribution < 1.29 is 9.53 Å². The van der Waals surface area contributed by atoms with Crippen LogP contribution in [0.2, 0.25) is 5.02 Å². The number of alkyl carbamates (subject to hydrolysis) is 1. The molecule has 2 aromatic carbocycles. The van der Waals surface area contributed by atoms with Crippen LogP contribution in [0.25, 0.3) is 22.2 Å². The molecule has 1 atom stereocenters. The van der Waals surface area contributed by atoms with E-state index in [4.69, 9.17) is 21.3 Å². The van der Waals surface area contributed by atoms with Crippen LogP contribution in [0, 0.1) is 0 Å². The molecule has 1 amide bonds. The Bertz CT molecular complexity index is 965. The Kier molecular flexibility index (Phi) is 5.38. The molecule has 1 unspecified atom stereocenters. The number of hydrogen-bond donors (Lipinski definition) is 1. The SMILES string of the molecule is CC(NC(=O)OC(C)(C)C)c1cc2cccc(Cl)c2nc1-c1ccccc1. The third kappa shape index (κ3) is 4.58. The Hall–Kier alpha value is -2.59. The molecule has 27 heavy (non-hydrogen) atoms. The van der Waals surface area contributed by atoms with Gasteiger partial charge in [0, 0.05) is 16.5 Å². The molecule has 140 valence electrons. The number of ether oxygens (including phenoxy) is 1. The quantitative estimate of drug-likeness (QED) is 0.591. The van der Waals surface area contributed by atoms with Gasteiger partial charge in [-0.25, -0.2) is 9.78 Å². The highest BCUT2D eigenvalue weighted by Gasteiger charge is 2.21. The van der Waals surface area contributed by atoms with E-state index in [2.05, 4.69) is 5.32 Å². The summed E-state index contributed by atoms with van der Waals surface area (Å²) < 4.78 is 5.39. The summed E-state index contributed by atoms with van der Waals surface area (Å²) in [5.74, 6) is 0. The van der Waals surface area contributed by atoms with Crippen LogP contribution < -0.4 is 5.32 Å². The molecule has 1 aromatic heterocycles. The number of hydrogen-bond acceptors (Lipinski definition) is 3. The van der Waals surface area contributed by atoms with E-state index in [1.807, 2.05) is 82.3 Å². The van der Waals surface area contributed by atoms with E-state index < -0.39 is 11.7 Å². The molecular weight excluding hydrogens is 360 g/mol. The number of aromatic nitrogens is 1. The van der Waals surface area contributed by atoms with Crippen LogP contribution in [0.4, 0.5) is 4.79 Å². The normalized spacial score (nSPS) is 12.6. The van der Waals surface area contributed by atoms with E-state index in [0.29, 0.717) is 5.02 Å². The number of pyridine rings is 1. The molecular formula is C22H23ClN2O2. The topological polar surface area (TPSA) is 51.2 Å². The van der Waals surface area contributed by atoms with Crippen LogP contribution in [0.1, 0.15) is 39.3 Å². The third-order valence-corrected chi connectivity index (χ3v) is 4.38. The summed E-state index contributed by atoms with van der Waals surface area (Å²) in [6, 6.07) is 17.3. The fraction of sp³-hybridized carbons (Fsp3) is 0.273. The van der Waals surface area contributed by atoms with Crippen LogP contribution in [0.3, 0.4) is 0 Å². The number of nitrogens with zero attached hydrogens (tertiary/aromatic N) is 1. The summed E-state index contributed by atoms with van der Waals surface area (Å²) in [5.41, 5.74) is 2.85. The van der Waals surface area contributed by atoms with Crippen molar-refractivity contribution in [2.75, 3.05) is 0 Å². The van der Waals surface area contributed by atoms with Crippen molar-refractivity contribution in [1.82, 2.24) is 10.3 Å². The van der Waals surface area contributed by atoms with Crippen LogP contribution in [0.15, 0.2) is 54.6 Å². The lowest BCUT2D eigenvalue weighted by molar-refractivity contribution is 0.0508. The first kappa shape index (κ1) is 19.2. The Balaban J connectivity index is 2.06. The Morgan fingerprint density at radius 1 is 1.11 bits per heavy atom. The Labute approximate surface area is 164 Å². The lowest BCUT2D eigenvalue weighted by Gasteiger charge is -2.23. The second-order valence-electron chi connectivity index (χ2n) is 7.47. The van der Waals surface area contributed by atoms with Crippen LogP contribution in [-0.2, 0) is 4.74 Å². The number of fused-ring (bicyclic) bond motifs is 1. The maximum absolute atomic E-state index is 12.2. The summed E-state index contributed by atoms with van der Waals surface area (Å²) in [6.45, 7) is 7.44. The van der Waals surface area contributed by atoms with E-state index >= 15 is 0 Å². The minimum absolute atomic E-state index is 0.286. The van der Waals surface area contributed by atoms with Crippen LogP contribution in [-0.4, -0.2) is 16.7 Å². The smallest absolute Gasteiger partial charge is 0.408 e. The van der Waals surface area contributed by atoms with Crippen molar-refractivity contribution in [2.45, 2.75) is 39.3 Å². The van der Waals surface area contributed by atoms with Crippen molar-refractivity contribution in [3.63, 3.8) is 0 Å². The van der Waals surface area contributed by atoms with Gasteiger partial charge in [-0.3, -0.25) is 0 Å². The zero-order chi connectivity index (χ0) is 19.6. The fourth-order valence-electron chi connectivity index (χ4n) is 2.90. The Morgan fingerprint density at radius 2 is 1.81 bits per heavy atom. The number of carbonyl (C=O) groups is 1. The molecule has 3 rings (SSSR count). The van der Waals surface area contributed by atoms with Gasteiger partial charge in [-0.1, -0.05) is 54.1 Å². The minimum atomic E-state index is -0.554. The zero-order valence-electron chi connectivity index (χ0n) is 15.9. The van der Waals surface area contributed by atoms with Gasteiger partial charge in [-0.15, -0.1) is 0 Å². The molecule has 1 N–H and O–H groups in total. The lowest BCUT2D eigenvalue weighted by Crippen LogP contribution is -2.34. The Morgan fingerprint density at radius 3 is 2.48 bits per heavy atom. The van der Waals surface area contributed by atoms with Gasteiger partial charge in [0.25, 0.3) is 0 Å². The number of carbonyl (C=O) groups excluding carboxylic acids is 1. The average Bonchev–Trinajstić information content (AvgIpc) is 2.60. The maximum Gasteiger partial charge on any atom is 0.408 e.